The number of hydrogen-bond acceptors (Lipinski definition) is 6. The van der Waals surface area contributed by atoms with Crippen molar-refractivity contribution in [2.24, 2.45) is 0 Å². The monoisotopic (exact) mass is 435 g/mol. The molecule has 158 valence electrons. The highest BCUT2D eigenvalue weighted by Gasteiger charge is 2.19. The number of fused-ring (bicyclic) bond motifs is 1. The average molecular weight is 436 g/mol. The van der Waals surface area contributed by atoms with Gasteiger partial charge in [0.1, 0.15) is 5.69 Å². The van der Waals surface area contributed by atoms with Gasteiger partial charge in [-0.1, -0.05) is 31.5 Å². The molecule has 0 radical (unpaired) electrons. The van der Waals surface area contributed by atoms with E-state index in [0.29, 0.717) is 34.7 Å². The van der Waals surface area contributed by atoms with Gasteiger partial charge in [-0.05, 0) is 36.8 Å². The number of nitrogens with one attached hydrogen (secondary N) is 1. The van der Waals surface area contributed by atoms with Gasteiger partial charge in [0.25, 0.3) is 0 Å². The summed E-state index contributed by atoms with van der Waals surface area (Å²) in [6.45, 7) is 1.95. The third-order valence-corrected chi connectivity index (χ3v) is 6.11. The van der Waals surface area contributed by atoms with Gasteiger partial charge in [0.15, 0.2) is 5.65 Å². The Bertz CT molecular complexity index is 1330. The van der Waals surface area contributed by atoms with Crippen molar-refractivity contribution in [3.05, 3.63) is 78.4 Å². The minimum absolute atomic E-state index is 0.0748. The first-order chi connectivity index (χ1) is 15.0. The van der Waals surface area contributed by atoms with Crippen molar-refractivity contribution in [2.45, 2.75) is 19.8 Å². The van der Waals surface area contributed by atoms with Gasteiger partial charge in [0.05, 0.1) is 23.2 Å². The highest BCUT2D eigenvalue weighted by Crippen LogP contribution is 2.25. The van der Waals surface area contributed by atoms with Crippen LogP contribution in [0.25, 0.3) is 16.9 Å². The third kappa shape index (κ3) is 4.46. The molecule has 31 heavy (non-hydrogen) atoms. The fraction of sp³-hybridized carbons (Fsp3) is 0.182. The fourth-order valence-electron chi connectivity index (χ4n) is 3.21. The van der Waals surface area contributed by atoms with E-state index in [1.165, 1.54) is 6.20 Å². The van der Waals surface area contributed by atoms with E-state index < -0.39 is 10.0 Å². The van der Waals surface area contributed by atoms with E-state index in [2.05, 4.69) is 19.8 Å². The highest BCUT2D eigenvalue weighted by atomic mass is 32.2. The van der Waals surface area contributed by atoms with Gasteiger partial charge in [-0.3, -0.25) is 14.5 Å². The SMILES string of the molecule is CCCCS(=O)(=O)Nc1cccc(-c2ccnc3c(C(=O)c4ccccn4)cnn23)c1. The molecule has 1 N–H and O–H groups in total. The number of benzene rings is 1. The summed E-state index contributed by atoms with van der Waals surface area (Å²) in [5.74, 6) is -0.191. The lowest BCUT2D eigenvalue weighted by atomic mass is 10.1. The van der Waals surface area contributed by atoms with Crippen LogP contribution in [0, 0.1) is 0 Å². The lowest BCUT2D eigenvalue weighted by Gasteiger charge is -2.10. The molecule has 4 rings (SSSR count). The Labute approximate surface area is 180 Å². The van der Waals surface area contributed by atoms with Crippen LogP contribution in [0.5, 0.6) is 0 Å². The lowest BCUT2D eigenvalue weighted by molar-refractivity contribution is 0.103. The number of ketones is 1. The number of carbonyl (C=O) groups excluding carboxylic acids is 1. The maximum atomic E-state index is 12.8. The van der Waals surface area contributed by atoms with E-state index in [4.69, 9.17) is 0 Å². The smallest absolute Gasteiger partial charge is 0.232 e. The molecule has 1 aromatic carbocycles. The Balaban J connectivity index is 1.70. The molecule has 3 heterocycles. The normalized spacial score (nSPS) is 11.5. The van der Waals surface area contributed by atoms with E-state index in [-0.39, 0.29) is 11.5 Å². The lowest BCUT2D eigenvalue weighted by Crippen LogP contribution is -2.16. The van der Waals surface area contributed by atoms with Gasteiger partial charge in [-0.15, -0.1) is 0 Å². The molecule has 0 atom stereocenters. The number of rotatable bonds is 8. The van der Waals surface area contributed by atoms with Crippen molar-refractivity contribution in [3.63, 3.8) is 0 Å². The molecule has 0 spiro atoms. The number of hydrogen-bond donors (Lipinski definition) is 1. The van der Waals surface area contributed by atoms with Crippen LogP contribution in [0.4, 0.5) is 5.69 Å². The van der Waals surface area contributed by atoms with Gasteiger partial charge < -0.3 is 0 Å². The molecule has 9 heteroatoms. The Morgan fingerprint density at radius 1 is 1.06 bits per heavy atom. The molecule has 0 fully saturated rings. The Morgan fingerprint density at radius 3 is 2.71 bits per heavy atom. The van der Waals surface area contributed by atoms with Crippen molar-refractivity contribution in [3.8, 4) is 11.3 Å². The molecule has 0 aliphatic carbocycles. The van der Waals surface area contributed by atoms with Crippen LogP contribution in [0.3, 0.4) is 0 Å². The predicted octanol–water partition coefficient (Wildman–Crippen LogP) is 3.56. The summed E-state index contributed by atoms with van der Waals surface area (Å²) in [5.41, 5.74) is 2.95. The molecule has 4 aromatic rings. The molecular formula is C22H21N5O3S. The van der Waals surface area contributed by atoms with Gasteiger partial charge in [0.2, 0.25) is 15.8 Å². The summed E-state index contributed by atoms with van der Waals surface area (Å²) in [7, 11) is -3.41. The maximum Gasteiger partial charge on any atom is 0.232 e. The summed E-state index contributed by atoms with van der Waals surface area (Å²) in [6.07, 6.45) is 6.03. The first kappa shape index (κ1) is 20.7. The number of carbonyl (C=O) groups is 1. The number of anilines is 1. The van der Waals surface area contributed by atoms with E-state index in [9.17, 15) is 13.2 Å². The number of nitrogens with zero attached hydrogens (tertiary/aromatic N) is 4. The molecule has 0 aliphatic heterocycles. The number of unbranched alkanes of at least 4 members (excludes halogenated alkanes) is 1. The van der Waals surface area contributed by atoms with Crippen LogP contribution in [-0.2, 0) is 10.0 Å². The fourth-order valence-corrected chi connectivity index (χ4v) is 4.47. The van der Waals surface area contributed by atoms with Gasteiger partial charge in [-0.2, -0.15) is 5.10 Å². The van der Waals surface area contributed by atoms with Gasteiger partial charge in [-0.25, -0.2) is 17.9 Å². The first-order valence-corrected chi connectivity index (χ1v) is 11.5. The Morgan fingerprint density at radius 2 is 1.94 bits per heavy atom. The quantitative estimate of drug-likeness (QED) is 0.424. The topological polar surface area (TPSA) is 106 Å². The predicted molar refractivity (Wildman–Crippen MR) is 118 cm³/mol. The van der Waals surface area contributed by atoms with Crippen LogP contribution in [0.1, 0.15) is 35.8 Å². The van der Waals surface area contributed by atoms with Crippen LogP contribution in [-0.4, -0.2) is 39.5 Å². The zero-order valence-corrected chi connectivity index (χ0v) is 17.7. The molecule has 0 aliphatic rings. The maximum absolute atomic E-state index is 12.8. The second kappa shape index (κ2) is 8.65. The number of aromatic nitrogens is 4. The highest BCUT2D eigenvalue weighted by molar-refractivity contribution is 7.92. The van der Waals surface area contributed by atoms with E-state index in [1.807, 2.05) is 13.0 Å². The van der Waals surface area contributed by atoms with E-state index in [1.54, 1.807) is 59.4 Å². The van der Waals surface area contributed by atoms with Gasteiger partial charge >= 0.3 is 0 Å². The minimum Gasteiger partial charge on any atom is -0.287 e. The summed E-state index contributed by atoms with van der Waals surface area (Å²) < 4.78 is 28.7. The zero-order chi connectivity index (χ0) is 21.8. The number of sulfonamides is 1. The van der Waals surface area contributed by atoms with Crippen LogP contribution in [0.15, 0.2) is 67.1 Å². The van der Waals surface area contributed by atoms with Crippen molar-refractivity contribution < 1.29 is 13.2 Å². The summed E-state index contributed by atoms with van der Waals surface area (Å²) in [4.78, 5) is 21.3. The molecule has 0 saturated heterocycles. The third-order valence-electron chi connectivity index (χ3n) is 4.74. The zero-order valence-electron chi connectivity index (χ0n) is 16.9. The van der Waals surface area contributed by atoms with Crippen molar-refractivity contribution in [1.29, 1.82) is 0 Å². The Hall–Kier alpha value is -3.59. The van der Waals surface area contributed by atoms with E-state index in [0.717, 1.165) is 12.0 Å². The first-order valence-electron chi connectivity index (χ1n) is 9.88. The molecule has 0 unspecified atom stereocenters. The van der Waals surface area contributed by atoms with Gasteiger partial charge in [0, 0.05) is 23.6 Å². The minimum atomic E-state index is -3.41. The summed E-state index contributed by atoms with van der Waals surface area (Å²) >= 11 is 0. The standard InChI is InChI=1S/C22H21N5O3S/c1-2-3-13-31(29,30)26-17-8-6-7-16(14-17)20-10-12-24-22-18(15-25-27(20)22)21(28)19-9-4-5-11-23-19/h4-12,14-15,26H,2-3,13H2,1H3. The van der Waals surface area contributed by atoms with Crippen LogP contribution >= 0.6 is 0 Å². The van der Waals surface area contributed by atoms with Crippen molar-refractivity contribution in [1.82, 2.24) is 19.6 Å². The van der Waals surface area contributed by atoms with E-state index >= 15 is 0 Å². The summed E-state index contributed by atoms with van der Waals surface area (Å²) in [6, 6.07) is 13.9. The molecule has 8 nitrogen and oxygen atoms in total. The summed E-state index contributed by atoms with van der Waals surface area (Å²) in [5, 5.41) is 4.35. The Kier molecular flexibility index (Phi) is 5.77. The van der Waals surface area contributed by atoms with Crippen LogP contribution < -0.4 is 4.72 Å². The molecule has 0 amide bonds. The molecule has 0 saturated carbocycles. The largest absolute Gasteiger partial charge is 0.287 e. The van der Waals surface area contributed by atoms with Crippen LogP contribution in [0.2, 0.25) is 0 Å². The second-order valence-electron chi connectivity index (χ2n) is 7.02. The second-order valence-corrected chi connectivity index (χ2v) is 8.86. The average Bonchev–Trinajstić information content (AvgIpc) is 3.22. The molecule has 0 bridgehead atoms. The van der Waals surface area contributed by atoms with Crippen molar-refractivity contribution >= 4 is 27.1 Å². The molecule has 3 aromatic heterocycles. The molecular weight excluding hydrogens is 414 g/mol. The van der Waals surface area contributed by atoms with Crippen molar-refractivity contribution in [2.75, 3.05) is 10.5 Å². The number of pyridine rings is 1.